The van der Waals surface area contributed by atoms with E-state index in [2.05, 4.69) is 26.6 Å². The molecular formula is C5H8BrNO2S. The summed E-state index contributed by atoms with van der Waals surface area (Å²) >= 11 is 2.81. The zero-order valence-corrected chi connectivity index (χ0v) is 7.87. The molecule has 0 aliphatic rings. The van der Waals surface area contributed by atoms with Gasteiger partial charge in [-0.25, -0.2) is 13.1 Å². The second-order valence-electron chi connectivity index (χ2n) is 1.73. The highest BCUT2D eigenvalue weighted by Gasteiger charge is 2.09. The van der Waals surface area contributed by atoms with Crippen LogP contribution >= 0.6 is 15.9 Å². The smallest absolute Gasteiger partial charge is 0.212 e. The van der Waals surface area contributed by atoms with Crippen molar-refractivity contribution < 1.29 is 8.42 Å². The van der Waals surface area contributed by atoms with Gasteiger partial charge in [-0.2, -0.15) is 0 Å². The Morgan fingerprint density at radius 3 is 2.60 bits per heavy atom. The first-order valence-corrected chi connectivity index (χ1v) is 5.31. The van der Waals surface area contributed by atoms with Crippen molar-refractivity contribution in [2.24, 2.45) is 0 Å². The lowest BCUT2D eigenvalue weighted by atomic mass is 10.4. The number of terminal acetylenes is 1. The molecule has 0 spiro atoms. The first-order valence-electron chi connectivity index (χ1n) is 2.54. The number of alkyl halides is 1. The fourth-order valence-corrected chi connectivity index (χ4v) is 1.40. The van der Waals surface area contributed by atoms with Crippen LogP contribution < -0.4 is 4.72 Å². The van der Waals surface area contributed by atoms with Gasteiger partial charge in [-0.05, 0) is 6.92 Å². The molecule has 1 unspecified atom stereocenters. The van der Waals surface area contributed by atoms with Crippen molar-refractivity contribution in [2.45, 2.75) is 13.0 Å². The molecule has 0 rings (SSSR count). The molecule has 0 saturated carbocycles. The third kappa shape index (κ3) is 3.88. The quantitative estimate of drug-likeness (QED) is 0.555. The highest BCUT2D eigenvalue weighted by molar-refractivity contribution is 9.10. The molecule has 0 bridgehead atoms. The van der Waals surface area contributed by atoms with Gasteiger partial charge in [-0.15, -0.1) is 6.42 Å². The molecule has 0 amide bonds. The zero-order chi connectivity index (χ0) is 8.20. The Morgan fingerprint density at radius 1 is 1.80 bits per heavy atom. The Balaban J connectivity index is 4.06. The van der Waals surface area contributed by atoms with Crippen LogP contribution in [0.15, 0.2) is 0 Å². The highest BCUT2D eigenvalue weighted by Crippen LogP contribution is 1.92. The van der Waals surface area contributed by atoms with E-state index in [1.165, 1.54) is 0 Å². The average molecular weight is 226 g/mol. The van der Waals surface area contributed by atoms with Crippen LogP contribution in [0.4, 0.5) is 0 Å². The largest absolute Gasteiger partial charge is 0.222 e. The number of hydrogen-bond acceptors (Lipinski definition) is 2. The molecular weight excluding hydrogens is 218 g/mol. The topological polar surface area (TPSA) is 46.2 Å². The molecule has 1 N–H and O–H groups in total. The molecule has 0 fully saturated rings. The Hall–Kier alpha value is -0.0500. The molecule has 10 heavy (non-hydrogen) atoms. The first-order chi connectivity index (χ1) is 4.52. The van der Waals surface area contributed by atoms with Crippen molar-refractivity contribution in [3.63, 3.8) is 0 Å². The normalized spacial score (nSPS) is 14.1. The summed E-state index contributed by atoms with van der Waals surface area (Å²) in [5, 5.41) is 0. The predicted octanol–water partition coefficient (Wildman–Crippen LogP) is 0.280. The summed E-state index contributed by atoms with van der Waals surface area (Å²) in [7, 11) is -3.21. The van der Waals surface area contributed by atoms with Gasteiger partial charge < -0.3 is 0 Å². The SMILES string of the molecule is C#CC(C)NS(=O)(=O)CBr. The third-order valence-electron chi connectivity index (χ3n) is 0.750. The molecule has 0 radical (unpaired) electrons. The van der Waals surface area contributed by atoms with E-state index in [0.717, 1.165) is 0 Å². The summed E-state index contributed by atoms with van der Waals surface area (Å²) in [5.41, 5.74) is 0. The fraction of sp³-hybridized carbons (Fsp3) is 0.600. The standard InChI is InChI=1S/C5H8BrNO2S/c1-3-5(2)7-10(8,9)4-6/h1,5,7H,4H2,2H3. The van der Waals surface area contributed by atoms with Crippen LogP contribution in [0.5, 0.6) is 0 Å². The summed E-state index contributed by atoms with van der Waals surface area (Å²) < 4.78 is 23.6. The van der Waals surface area contributed by atoms with Gasteiger partial charge in [-0.1, -0.05) is 21.9 Å². The van der Waals surface area contributed by atoms with E-state index < -0.39 is 16.1 Å². The summed E-state index contributed by atoms with van der Waals surface area (Å²) in [4.78, 5) is 0. The monoisotopic (exact) mass is 225 g/mol. The molecule has 0 aromatic carbocycles. The van der Waals surface area contributed by atoms with E-state index in [1.54, 1.807) is 6.92 Å². The second kappa shape index (κ2) is 3.96. The van der Waals surface area contributed by atoms with Crippen molar-refractivity contribution in [1.82, 2.24) is 4.72 Å². The molecule has 58 valence electrons. The second-order valence-corrected chi connectivity index (χ2v) is 4.79. The molecule has 0 aromatic rings. The van der Waals surface area contributed by atoms with Crippen LogP contribution in [0.25, 0.3) is 0 Å². The van der Waals surface area contributed by atoms with Gasteiger partial charge in [0.2, 0.25) is 10.0 Å². The summed E-state index contributed by atoms with van der Waals surface area (Å²) in [6.45, 7) is 1.60. The van der Waals surface area contributed by atoms with E-state index in [1.807, 2.05) is 0 Å². The van der Waals surface area contributed by atoms with Gasteiger partial charge in [0.1, 0.15) is 4.66 Å². The number of nitrogens with one attached hydrogen (secondary N) is 1. The number of hydrogen-bond donors (Lipinski definition) is 1. The maximum Gasteiger partial charge on any atom is 0.222 e. The maximum atomic E-state index is 10.7. The highest BCUT2D eigenvalue weighted by atomic mass is 79.9. The van der Waals surface area contributed by atoms with E-state index in [9.17, 15) is 8.42 Å². The Morgan fingerprint density at radius 2 is 2.30 bits per heavy atom. The van der Waals surface area contributed by atoms with Crippen molar-refractivity contribution in [1.29, 1.82) is 0 Å². The molecule has 1 atom stereocenters. The minimum absolute atomic E-state index is 0.119. The summed E-state index contributed by atoms with van der Waals surface area (Å²) in [5.74, 6) is 2.24. The first kappa shape index (κ1) is 9.95. The van der Waals surface area contributed by atoms with Gasteiger partial charge in [-0.3, -0.25) is 0 Å². The molecule has 0 aromatic heterocycles. The van der Waals surface area contributed by atoms with Crippen LogP contribution in [0.3, 0.4) is 0 Å². The van der Waals surface area contributed by atoms with Crippen LogP contribution in [-0.4, -0.2) is 19.1 Å². The maximum absolute atomic E-state index is 10.7. The van der Waals surface area contributed by atoms with Crippen LogP contribution in [0, 0.1) is 12.3 Å². The fourth-order valence-electron chi connectivity index (χ4n) is 0.335. The minimum atomic E-state index is -3.21. The summed E-state index contributed by atoms with van der Waals surface area (Å²) in [6.07, 6.45) is 4.94. The Kier molecular flexibility index (Phi) is 3.94. The van der Waals surface area contributed by atoms with Crippen molar-refractivity contribution >= 4 is 26.0 Å². The van der Waals surface area contributed by atoms with Gasteiger partial charge in [0.25, 0.3) is 0 Å². The molecule has 3 nitrogen and oxygen atoms in total. The van der Waals surface area contributed by atoms with E-state index >= 15 is 0 Å². The number of sulfonamides is 1. The molecule has 0 aliphatic heterocycles. The van der Waals surface area contributed by atoms with Crippen molar-refractivity contribution in [3.8, 4) is 12.3 Å². The molecule has 0 heterocycles. The number of rotatable bonds is 3. The van der Waals surface area contributed by atoms with E-state index in [4.69, 9.17) is 6.42 Å². The zero-order valence-electron chi connectivity index (χ0n) is 5.46. The van der Waals surface area contributed by atoms with Gasteiger partial charge in [0.15, 0.2) is 0 Å². The molecule has 0 aliphatic carbocycles. The van der Waals surface area contributed by atoms with Crippen molar-refractivity contribution in [3.05, 3.63) is 0 Å². The third-order valence-corrected chi connectivity index (χ3v) is 3.56. The molecule has 5 heteroatoms. The average Bonchev–Trinajstić information content (AvgIpc) is 1.87. The predicted molar refractivity (Wildman–Crippen MR) is 44.1 cm³/mol. The van der Waals surface area contributed by atoms with Crippen molar-refractivity contribution in [2.75, 3.05) is 4.66 Å². The minimum Gasteiger partial charge on any atom is -0.212 e. The lowest BCUT2D eigenvalue weighted by Crippen LogP contribution is -2.31. The summed E-state index contributed by atoms with van der Waals surface area (Å²) in [6, 6.07) is -0.442. The lowest BCUT2D eigenvalue weighted by molar-refractivity contribution is 0.583. The van der Waals surface area contributed by atoms with Gasteiger partial charge in [0.05, 0.1) is 6.04 Å². The van der Waals surface area contributed by atoms with Gasteiger partial charge >= 0.3 is 0 Å². The van der Waals surface area contributed by atoms with E-state index in [-0.39, 0.29) is 4.66 Å². The van der Waals surface area contributed by atoms with E-state index in [0.29, 0.717) is 0 Å². The Bertz CT molecular complexity index is 229. The lowest BCUT2D eigenvalue weighted by Gasteiger charge is -2.04. The Labute approximate surface area is 69.4 Å². The van der Waals surface area contributed by atoms with Gasteiger partial charge in [0, 0.05) is 0 Å². The number of halogens is 1. The molecule has 0 saturated heterocycles. The van der Waals surface area contributed by atoms with Crippen LogP contribution in [0.1, 0.15) is 6.92 Å². The van der Waals surface area contributed by atoms with Crippen LogP contribution in [-0.2, 0) is 10.0 Å². The van der Waals surface area contributed by atoms with Crippen LogP contribution in [0.2, 0.25) is 0 Å².